The van der Waals surface area contributed by atoms with Crippen LogP contribution in [0.25, 0.3) is 0 Å². The van der Waals surface area contributed by atoms with Crippen molar-refractivity contribution >= 4 is 5.78 Å². The fraction of sp³-hybridized carbons (Fsp3) is 0.650. The second kappa shape index (κ2) is 8.16. The maximum atomic E-state index is 12.8. The zero-order valence-electron chi connectivity index (χ0n) is 16.2. The monoisotopic (exact) mass is 396 g/mol. The van der Waals surface area contributed by atoms with Crippen LogP contribution in [0.4, 0.5) is 0 Å². The highest BCUT2D eigenvalue weighted by Gasteiger charge is 2.48. The first kappa shape index (κ1) is 21.3. The molecule has 0 spiro atoms. The zero-order valence-corrected chi connectivity index (χ0v) is 16.2. The molecule has 0 unspecified atom stereocenters. The molecular weight excluding hydrogens is 368 g/mol. The van der Waals surface area contributed by atoms with Crippen molar-refractivity contribution in [2.45, 2.75) is 64.0 Å². The highest BCUT2D eigenvalue weighted by molar-refractivity contribution is 6.03. The van der Waals surface area contributed by atoms with Gasteiger partial charge < -0.3 is 35.0 Å². The van der Waals surface area contributed by atoms with Crippen molar-refractivity contribution < 1.29 is 39.8 Å². The quantitative estimate of drug-likeness (QED) is 0.451. The Kier molecular flexibility index (Phi) is 6.21. The van der Waals surface area contributed by atoms with E-state index in [0.29, 0.717) is 17.5 Å². The van der Waals surface area contributed by atoms with E-state index in [2.05, 4.69) is 0 Å². The molecule has 1 aromatic rings. The highest BCUT2D eigenvalue weighted by Crippen LogP contribution is 2.44. The molecule has 156 valence electrons. The molecule has 8 heteroatoms. The number of hydrogen-bond donors (Lipinski definition) is 5. The maximum absolute atomic E-state index is 12.8. The number of aliphatic hydroxyl groups excluding tert-OH is 5. The number of carbonyl (C=O) groups excluding carboxylic acids is 1. The van der Waals surface area contributed by atoms with Gasteiger partial charge in [-0.05, 0) is 48.6 Å². The lowest BCUT2D eigenvalue weighted by Crippen LogP contribution is -2.59. The molecule has 0 bridgehead atoms. The summed E-state index contributed by atoms with van der Waals surface area (Å²) >= 11 is 0. The van der Waals surface area contributed by atoms with E-state index >= 15 is 0 Å². The third-order valence-electron chi connectivity index (χ3n) is 5.89. The van der Waals surface area contributed by atoms with Crippen LogP contribution in [0.5, 0.6) is 0 Å². The van der Waals surface area contributed by atoms with Crippen molar-refractivity contribution in [3.05, 3.63) is 33.9 Å². The minimum absolute atomic E-state index is 0.0256. The predicted octanol–water partition coefficient (Wildman–Crippen LogP) is -0.472. The summed E-state index contributed by atoms with van der Waals surface area (Å²) in [6.07, 6.45) is -7.24. The summed E-state index contributed by atoms with van der Waals surface area (Å²) in [5, 5.41) is 48.9. The lowest BCUT2D eigenvalue weighted by atomic mass is 9.91. The summed E-state index contributed by atoms with van der Waals surface area (Å²) in [4.78, 5) is 12.8. The minimum atomic E-state index is -1.55. The molecule has 1 saturated heterocycles. The number of Topliss-reactive ketones (excluding diaryl/α,β-unsaturated/α-hetero) is 1. The first-order valence-corrected chi connectivity index (χ1v) is 9.46. The van der Waals surface area contributed by atoms with E-state index in [1.807, 2.05) is 13.8 Å². The molecule has 1 fully saturated rings. The van der Waals surface area contributed by atoms with E-state index < -0.39 is 49.3 Å². The lowest BCUT2D eigenvalue weighted by molar-refractivity contribution is -0.314. The van der Waals surface area contributed by atoms with E-state index in [4.69, 9.17) is 9.47 Å². The maximum Gasteiger partial charge on any atom is 0.187 e. The molecule has 0 radical (unpaired) electrons. The molecular formula is C20H28O8. The van der Waals surface area contributed by atoms with Gasteiger partial charge in [0.2, 0.25) is 0 Å². The fourth-order valence-electron chi connectivity index (χ4n) is 4.25. The number of fused-ring (bicyclic) bond motifs is 1. The molecule has 1 heterocycles. The van der Waals surface area contributed by atoms with E-state index in [1.165, 1.54) is 0 Å². The number of benzene rings is 1. The second-order valence-corrected chi connectivity index (χ2v) is 7.64. The second-order valence-electron chi connectivity index (χ2n) is 7.64. The average Bonchev–Trinajstić information content (AvgIpc) is 2.90. The Morgan fingerprint density at radius 3 is 2.39 bits per heavy atom. The fourth-order valence-corrected chi connectivity index (χ4v) is 4.25. The Hall–Kier alpha value is -1.39. The van der Waals surface area contributed by atoms with Crippen LogP contribution in [0.1, 0.15) is 45.6 Å². The Morgan fingerprint density at radius 2 is 1.79 bits per heavy atom. The third kappa shape index (κ3) is 3.39. The number of ketones is 1. The molecule has 28 heavy (non-hydrogen) atoms. The Balaban J connectivity index is 1.96. The van der Waals surface area contributed by atoms with Crippen LogP contribution < -0.4 is 0 Å². The van der Waals surface area contributed by atoms with Gasteiger partial charge in [-0.25, -0.2) is 0 Å². The number of hydrogen-bond acceptors (Lipinski definition) is 8. The van der Waals surface area contributed by atoms with Gasteiger partial charge in [0.15, 0.2) is 12.1 Å². The minimum Gasteiger partial charge on any atom is -0.396 e. The molecule has 1 aromatic carbocycles. The third-order valence-corrected chi connectivity index (χ3v) is 5.89. The van der Waals surface area contributed by atoms with Crippen LogP contribution in [0.3, 0.4) is 0 Å². The Bertz CT molecular complexity index is 746. The Morgan fingerprint density at radius 1 is 1.11 bits per heavy atom. The van der Waals surface area contributed by atoms with Crippen molar-refractivity contribution in [2.75, 3.05) is 13.2 Å². The van der Waals surface area contributed by atoms with Crippen LogP contribution in [0.2, 0.25) is 0 Å². The van der Waals surface area contributed by atoms with Gasteiger partial charge >= 0.3 is 0 Å². The topological polar surface area (TPSA) is 137 Å². The molecule has 0 amide bonds. The first-order valence-electron chi connectivity index (χ1n) is 9.46. The summed E-state index contributed by atoms with van der Waals surface area (Å²) < 4.78 is 11.4. The Labute approximate surface area is 163 Å². The van der Waals surface area contributed by atoms with Crippen LogP contribution >= 0.6 is 0 Å². The highest BCUT2D eigenvalue weighted by atomic mass is 16.7. The number of carbonyl (C=O) groups is 1. The molecule has 1 aliphatic heterocycles. The number of rotatable bonds is 5. The van der Waals surface area contributed by atoms with Crippen molar-refractivity contribution in [2.24, 2.45) is 5.92 Å². The van der Waals surface area contributed by atoms with Gasteiger partial charge in [-0.15, -0.1) is 0 Å². The van der Waals surface area contributed by atoms with Gasteiger partial charge in [0, 0.05) is 12.2 Å². The summed E-state index contributed by atoms with van der Waals surface area (Å²) in [6, 6.07) is 1.79. The molecule has 0 saturated carbocycles. The van der Waals surface area contributed by atoms with Crippen molar-refractivity contribution in [3.8, 4) is 0 Å². The molecule has 3 rings (SSSR count). The number of aryl methyl sites for hydroxylation is 1. The van der Waals surface area contributed by atoms with E-state index in [0.717, 1.165) is 16.7 Å². The zero-order chi connectivity index (χ0) is 20.7. The predicted molar refractivity (Wildman–Crippen MR) is 97.8 cm³/mol. The van der Waals surface area contributed by atoms with Crippen LogP contribution in [-0.2, 0) is 15.9 Å². The number of ether oxygens (including phenoxy) is 2. The summed E-state index contributed by atoms with van der Waals surface area (Å²) in [5.74, 6) is -0.629. The molecule has 2 aliphatic rings. The SMILES string of the molecule is Cc1cc2c(c(C)c1CCO)[C@@H](O[C@@H]1O[C@H](CO)[C@@H](O)[C@H](O)[C@H]1O)[C@H](C)C2=O. The largest absolute Gasteiger partial charge is 0.396 e. The number of aliphatic hydroxyl groups is 5. The van der Waals surface area contributed by atoms with Gasteiger partial charge in [-0.1, -0.05) is 6.92 Å². The normalized spacial score (nSPS) is 35.3. The van der Waals surface area contributed by atoms with Gasteiger partial charge in [0.25, 0.3) is 0 Å². The van der Waals surface area contributed by atoms with Crippen molar-refractivity contribution in [1.29, 1.82) is 0 Å². The molecule has 7 atom stereocenters. The molecule has 1 aliphatic carbocycles. The molecule has 8 nitrogen and oxygen atoms in total. The average molecular weight is 396 g/mol. The van der Waals surface area contributed by atoms with Crippen LogP contribution in [0, 0.1) is 19.8 Å². The van der Waals surface area contributed by atoms with E-state index in [9.17, 15) is 30.3 Å². The van der Waals surface area contributed by atoms with Gasteiger partial charge in [-0.3, -0.25) is 4.79 Å². The van der Waals surface area contributed by atoms with E-state index in [1.54, 1.807) is 13.0 Å². The van der Waals surface area contributed by atoms with Gasteiger partial charge in [0.05, 0.1) is 18.6 Å². The summed E-state index contributed by atoms with van der Waals surface area (Å²) in [7, 11) is 0. The summed E-state index contributed by atoms with van der Waals surface area (Å²) in [6.45, 7) is 4.90. The van der Waals surface area contributed by atoms with Gasteiger partial charge in [-0.2, -0.15) is 0 Å². The standard InChI is InChI=1S/C20H28O8/c1-8-6-12-14(9(2)11(8)4-5-21)19(10(3)15(12)23)28-20-18(26)17(25)16(24)13(7-22)27-20/h6,10,13,16-22,24-26H,4-5,7H2,1-3H3/t10-,13-,16-,17+,18-,19+,20+/m1/s1. The van der Waals surface area contributed by atoms with Crippen molar-refractivity contribution in [3.63, 3.8) is 0 Å². The smallest absolute Gasteiger partial charge is 0.187 e. The van der Waals surface area contributed by atoms with E-state index in [-0.39, 0.29) is 12.4 Å². The summed E-state index contributed by atoms with van der Waals surface area (Å²) in [5.41, 5.74) is 3.92. The molecule has 5 N–H and O–H groups in total. The first-order chi connectivity index (χ1) is 13.2. The lowest BCUT2D eigenvalue weighted by Gasteiger charge is -2.41. The molecule has 0 aromatic heterocycles. The van der Waals surface area contributed by atoms with Crippen LogP contribution in [0.15, 0.2) is 6.07 Å². The van der Waals surface area contributed by atoms with Crippen LogP contribution in [-0.4, -0.2) is 75.2 Å². The van der Waals surface area contributed by atoms with Gasteiger partial charge in [0.1, 0.15) is 24.4 Å². The van der Waals surface area contributed by atoms with Crippen molar-refractivity contribution in [1.82, 2.24) is 0 Å².